The molecule has 4 nitrogen and oxygen atoms in total. The summed E-state index contributed by atoms with van der Waals surface area (Å²) in [4.78, 5) is 2.49. The highest BCUT2D eigenvalue weighted by molar-refractivity contribution is 7.12. The van der Waals surface area contributed by atoms with E-state index < -0.39 is 0 Å². The van der Waals surface area contributed by atoms with Crippen molar-refractivity contribution in [2.75, 3.05) is 46.2 Å². The lowest BCUT2D eigenvalue weighted by Gasteiger charge is -2.07. The average molecular weight is 288 g/mol. The Labute approximate surface area is 119 Å². The van der Waals surface area contributed by atoms with Gasteiger partial charge >= 0.3 is 0 Å². The van der Waals surface area contributed by atoms with E-state index in [2.05, 4.69) is 19.9 Å². The van der Waals surface area contributed by atoms with Gasteiger partial charge in [-0.1, -0.05) is 0 Å². The summed E-state index contributed by atoms with van der Waals surface area (Å²) >= 11 is 1.75. The van der Waals surface area contributed by atoms with E-state index in [1.807, 2.05) is 6.92 Å². The van der Waals surface area contributed by atoms with Crippen LogP contribution in [0.3, 0.4) is 0 Å². The molecule has 1 aromatic rings. The Bertz CT molecular complexity index is 338. The van der Waals surface area contributed by atoms with E-state index in [0.29, 0.717) is 39.6 Å². The van der Waals surface area contributed by atoms with Crippen LogP contribution < -0.4 is 4.74 Å². The van der Waals surface area contributed by atoms with Crippen LogP contribution in [-0.2, 0) is 14.2 Å². The van der Waals surface area contributed by atoms with Gasteiger partial charge in [0.15, 0.2) is 0 Å². The lowest BCUT2D eigenvalue weighted by molar-refractivity contribution is 0.0114. The van der Waals surface area contributed by atoms with Gasteiger partial charge in [-0.15, -0.1) is 11.3 Å². The van der Waals surface area contributed by atoms with Crippen LogP contribution in [-0.4, -0.2) is 46.2 Å². The molecule has 0 spiro atoms. The van der Waals surface area contributed by atoms with Crippen molar-refractivity contribution >= 4 is 11.3 Å². The number of rotatable bonds is 11. The van der Waals surface area contributed by atoms with Crippen LogP contribution in [0.2, 0.25) is 0 Å². The maximum Gasteiger partial charge on any atom is 0.133 e. The van der Waals surface area contributed by atoms with Crippen molar-refractivity contribution in [3.63, 3.8) is 0 Å². The molecule has 0 radical (unpaired) electrons. The third-order valence-corrected chi connectivity index (χ3v) is 3.38. The maximum absolute atomic E-state index is 5.64. The molecule has 5 heteroatoms. The molecule has 0 N–H and O–H groups in total. The highest BCUT2D eigenvalue weighted by Gasteiger charge is 2.03. The standard InChI is InChI=1S/C14H24O4S/c1-4-15-5-6-16-7-8-17-9-10-18-14-11-12(2)19-13(14)3/h11H,4-10H2,1-3H3. The summed E-state index contributed by atoms with van der Waals surface area (Å²) in [5, 5.41) is 0. The van der Waals surface area contributed by atoms with E-state index in [9.17, 15) is 0 Å². The Balaban J connectivity index is 1.90. The predicted octanol–water partition coefficient (Wildman–Crippen LogP) is 2.81. The molecule has 110 valence electrons. The van der Waals surface area contributed by atoms with E-state index in [0.717, 1.165) is 12.4 Å². The largest absolute Gasteiger partial charge is 0.490 e. The first-order chi connectivity index (χ1) is 9.24. The van der Waals surface area contributed by atoms with E-state index in [1.165, 1.54) is 9.75 Å². The molecule has 0 aliphatic rings. The molecule has 19 heavy (non-hydrogen) atoms. The second-order valence-electron chi connectivity index (χ2n) is 4.05. The predicted molar refractivity (Wildman–Crippen MR) is 77.4 cm³/mol. The lowest BCUT2D eigenvalue weighted by Crippen LogP contribution is -2.12. The molecule has 1 aromatic heterocycles. The zero-order chi connectivity index (χ0) is 13.9. The maximum atomic E-state index is 5.64. The third-order valence-electron chi connectivity index (χ3n) is 2.43. The van der Waals surface area contributed by atoms with Gasteiger partial charge in [-0.2, -0.15) is 0 Å². The van der Waals surface area contributed by atoms with Gasteiger partial charge in [-0.05, 0) is 26.8 Å². The Morgan fingerprint density at radius 3 is 2.00 bits per heavy atom. The number of aryl methyl sites for hydroxylation is 2. The molecule has 0 amide bonds. The summed E-state index contributed by atoms with van der Waals surface area (Å²) in [5.41, 5.74) is 0. The molecule has 1 rings (SSSR count). The van der Waals surface area contributed by atoms with Gasteiger partial charge in [0.1, 0.15) is 12.4 Å². The first kappa shape index (κ1) is 16.4. The Kier molecular flexibility index (Phi) is 8.82. The van der Waals surface area contributed by atoms with Crippen molar-refractivity contribution in [1.82, 2.24) is 0 Å². The fraction of sp³-hybridized carbons (Fsp3) is 0.714. The fourth-order valence-corrected chi connectivity index (χ4v) is 2.41. The minimum Gasteiger partial charge on any atom is -0.490 e. The van der Waals surface area contributed by atoms with Crippen LogP contribution in [0.15, 0.2) is 6.07 Å². The summed E-state index contributed by atoms with van der Waals surface area (Å²) in [6, 6.07) is 2.07. The average Bonchev–Trinajstić information content (AvgIpc) is 2.70. The first-order valence-corrected chi connectivity index (χ1v) is 7.48. The molecule has 0 unspecified atom stereocenters. The normalized spacial score (nSPS) is 10.9. The first-order valence-electron chi connectivity index (χ1n) is 6.67. The minimum absolute atomic E-state index is 0.579. The van der Waals surface area contributed by atoms with E-state index >= 15 is 0 Å². The Hall–Kier alpha value is -0.620. The second kappa shape index (κ2) is 10.2. The van der Waals surface area contributed by atoms with E-state index in [-0.39, 0.29) is 0 Å². The second-order valence-corrected chi connectivity index (χ2v) is 5.51. The summed E-state index contributed by atoms with van der Waals surface area (Å²) in [6.07, 6.45) is 0. The van der Waals surface area contributed by atoms with Gasteiger partial charge in [0, 0.05) is 16.4 Å². The SMILES string of the molecule is CCOCCOCCOCCOc1cc(C)sc1C. The number of ether oxygens (including phenoxy) is 4. The van der Waals surface area contributed by atoms with Crippen molar-refractivity contribution in [1.29, 1.82) is 0 Å². The number of hydrogen-bond donors (Lipinski definition) is 0. The molecular weight excluding hydrogens is 264 g/mol. The molecular formula is C14H24O4S. The molecule has 0 aliphatic heterocycles. The van der Waals surface area contributed by atoms with Gasteiger partial charge in [-0.3, -0.25) is 0 Å². The highest BCUT2D eigenvalue weighted by atomic mass is 32.1. The van der Waals surface area contributed by atoms with Crippen molar-refractivity contribution in [2.45, 2.75) is 20.8 Å². The molecule has 0 aromatic carbocycles. The molecule has 0 bridgehead atoms. The van der Waals surface area contributed by atoms with Gasteiger partial charge in [0.2, 0.25) is 0 Å². The molecule has 0 atom stereocenters. The Morgan fingerprint density at radius 2 is 1.47 bits per heavy atom. The molecule has 0 aliphatic carbocycles. The van der Waals surface area contributed by atoms with E-state index in [4.69, 9.17) is 18.9 Å². The molecule has 0 saturated heterocycles. The third kappa shape index (κ3) is 7.52. The topological polar surface area (TPSA) is 36.9 Å². The molecule has 0 saturated carbocycles. The highest BCUT2D eigenvalue weighted by Crippen LogP contribution is 2.27. The zero-order valence-electron chi connectivity index (χ0n) is 12.1. The monoisotopic (exact) mass is 288 g/mol. The van der Waals surface area contributed by atoms with Crippen molar-refractivity contribution < 1.29 is 18.9 Å². The molecule has 0 fully saturated rings. The van der Waals surface area contributed by atoms with Crippen LogP contribution in [0.5, 0.6) is 5.75 Å². The lowest BCUT2D eigenvalue weighted by atomic mass is 10.4. The smallest absolute Gasteiger partial charge is 0.133 e. The summed E-state index contributed by atoms with van der Waals surface area (Å²) in [5.74, 6) is 0.971. The molecule has 1 heterocycles. The van der Waals surface area contributed by atoms with Crippen LogP contribution in [0.1, 0.15) is 16.7 Å². The van der Waals surface area contributed by atoms with Gasteiger partial charge in [-0.25, -0.2) is 0 Å². The van der Waals surface area contributed by atoms with Crippen LogP contribution in [0.4, 0.5) is 0 Å². The Morgan fingerprint density at radius 1 is 0.895 bits per heavy atom. The summed E-state index contributed by atoms with van der Waals surface area (Å²) in [7, 11) is 0. The zero-order valence-corrected chi connectivity index (χ0v) is 12.9. The van der Waals surface area contributed by atoms with Gasteiger partial charge < -0.3 is 18.9 Å². The van der Waals surface area contributed by atoms with Crippen molar-refractivity contribution in [3.05, 3.63) is 15.8 Å². The quantitative estimate of drug-likeness (QED) is 0.587. The van der Waals surface area contributed by atoms with Crippen molar-refractivity contribution in [2.24, 2.45) is 0 Å². The number of thiophene rings is 1. The fourth-order valence-electron chi connectivity index (χ4n) is 1.55. The minimum atomic E-state index is 0.579. The van der Waals surface area contributed by atoms with E-state index in [1.54, 1.807) is 11.3 Å². The van der Waals surface area contributed by atoms with Gasteiger partial charge in [0.25, 0.3) is 0 Å². The van der Waals surface area contributed by atoms with Gasteiger partial charge in [0.05, 0.1) is 33.0 Å². The van der Waals surface area contributed by atoms with Crippen LogP contribution in [0, 0.1) is 13.8 Å². The van der Waals surface area contributed by atoms with Crippen molar-refractivity contribution in [3.8, 4) is 5.75 Å². The summed E-state index contributed by atoms with van der Waals surface area (Å²) < 4.78 is 21.6. The summed E-state index contributed by atoms with van der Waals surface area (Å²) in [6.45, 7) is 10.5. The van der Waals surface area contributed by atoms with Crippen LogP contribution in [0.25, 0.3) is 0 Å². The number of hydrogen-bond acceptors (Lipinski definition) is 5. The van der Waals surface area contributed by atoms with Crippen LogP contribution >= 0.6 is 11.3 Å².